The molecule has 0 saturated carbocycles. The van der Waals surface area contributed by atoms with Crippen molar-refractivity contribution in [1.82, 2.24) is 0 Å². The Labute approximate surface area is 125 Å². The largest absolute Gasteiger partial charge is 0.508 e. The molecule has 0 spiro atoms. The van der Waals surface area contributed by atoms with Gasteiger partial charge in [0.25, 0.3) is 0 Å². The number of phenolic OH excluding ortho intramolecular Hbond substituents is 1. The number of ketones is 1. The summed E-state index contributed by atoms with van der Waals surface area (Å²) in [7, 11) is 0. The maximum absolute atomic E-state index is 12.3. The van der Waals surface area contributed by atoms with E-state index in [1.54, 1.807) is 18.2 Å². The van der Waals surface area contributed by atoms with Crippen LogP contribution in [-0.4, -0.2) is 10.9 Å². The van der Waals surface area contributed by atoms with Crippen LogP contribution >= 0.6 is 0 Å². The summed E-state index contributed by atoms with van der Waals surface area (Å²) in [5.41, 5.74) is 1.26. The Hall–Kier alpha value is -3.01. The van der Waals surface area contributed by atoms with Gasteiger partial charge in [0.05, 0.1) is 6.42 Å². The van der Waals surface area contributed by atoms with Crippen molar-refractivity contribution >= 4 is 27.7 Å². The van der Waals surface area contributed by atoms with Crippen molar-refractivity contribution in [2.24, 2.45) is 0 Å². The Morgan fingerprint density at radius 2 is 1.73 bits per heavy atom. The molecule has 108 valence electrons. The Morgan fingerprint density at radius 3 is 2.59 bits per heavy atom. The number of benzene rings is 2. The molecule has 0 atom stereocenters. The van der Waals surface area contributed by atoms with Gasteiger partial charge in [0.1, 0.15) is 22.7 Å². The van der Waals surface area contributed by atoms with Crippen molar-refractivity contribution in [2.45, 2.75) is 6.42 Å². The van der Waals surface area contributed by atoms with E-state index in [4.69, 9.17) is 8.83 Å². The summed E-state index contributed by atoms with van der Waals surface area (Å²) in [5.74, 6) is 0.823. The third-order valence-electron chi connectivity index (χ3n) is 3.59. The third-order valence-corrected chi connectivity index (χ3v) is 3.59. The van der Waals surface area contributed by atoms with E-state index in [-0.39, 0.29) is 23.7 Å². The first kappa shape index (κ1) is 12.7. The molecule has 0 aliphatic heterocycles. The summed E-state index contributed by atoms with van der Waals surface area (Å²) in [6.07, 6.45) is 0.139. The number of hydrogen-bond donors (Lipinski definition) is 1. The fourth-order valence-corrected chi connectivity index (χ4v) is 2.53. The van der Waals surface area contributed by atoms with Gasteiger partial charge in [-0.3, -0.25) is 4.79 Å². The first-order valence-electron chi connectivity index (χ1n) is 6.92. The number of phenols is 1. The van der Waals surface area contributed by atoms with Gasteiger partial charge >= 0.3 is 0 Å². The number of carbonyl (C=O) groups excluding carboxylic acids is 1. The zero-order valence-electron chi connectivity index (χ0n) is 11.6. The highest BCUT2D eigenvalue weighted by Gasteiger charge is 2.15. The van der Waals surface area contributed by atoms with Crippen LogP contribution in [0.25, 0.3) is 21.9 Å². The van der Waals surface area contributed by atoms with Gasteiger partial charge in [0.15, 0.2) is 5.76 Å². The predicted molar refractivity (Wildman–Crippen MR) is 82.1 cm³/mol. The smallest absolute Gasteiger partial charge is 0.205 e. The normalized spacial score (nSPS) is 11.3. The molecule has 0 amide bonds. The van der Waals surface area contributed by atoms with Crippen LogP contribution in [0.1, 0.15) is 16.3 Å². The molecule has 0 aliphatic carbocycles. The van der Waals surface area contributed by atoms with Gasteiger partial charge in [0.2, 0.25) is 5.78 Å². The van der Waals surface area contributed by atoms with E-state index in [0.717, 1.165) is 16.4 Å². The first-order valence-corrected chi connectivity index (χ1v) is 6.92. The van der Waals surface area contributed by atoms with Crippen molar-refractivity contribution in [3.05, 3.63) is 66.1 Å². The van der Waals surface area contributed by atoms with Crippen molar-refractivity contribution in [3.63, 3.8) is 0 Å². The summed E-state index contributed by atoms with van der Waals surface area (Å²) >= 11 is 0. The number of fused-ring (bicyclic) bond motifs is 2. The van der Waals surface area contributed by atoms with Gasteiger partial charge in [-0.05, 0) is 30.3 Å². The number of Topliss-reactive ketones (excluding diaryl/α,β-unsaturated/α-hetero) is 1. The third kappa shape index (κ3) is 2.15. The lowest BCUT2D eigenvalue weighted by atomic mass is 10.1. The van der Waals surface area contributed by atoms with Gasteiger partial charge in [-0.2, -0.15) is 0 Å². The van der Waals surface area contributed by atoms with Crippen molar-refractivity contribution in [3.8, 4) is 5.75 Å². The molecule has 0 unspecified atom stereocenters. The lowest BCUT2D eigenvalue weighted by Gasteiger charge is -1.93. The van der Waals surface area contributed by atoms with E-state index in [1.165, 1.54) is 6.07 Å². The van der Waals surface area contributed by atoms with Crippen molar-refractivity contribution in [2.75, 3.05) is 0 Å². The first-order chi connectivity index (χ1) is 10.7. The van der Waals surface area contributed by atoms with Gasteiger partial charge in [-0.25, -0.2) is 0 Å². The van der Waals surface area contributed by atoms with Crippen LogP contribution in [0.5, 0.6) is 5.75 Å². The Morgan fingerprint density at radius 1 is 0.909 bits per heavy atom. The SMILES string of the molecule is O=C(Cc1cc2ccccc2o1)c1cc2ccc(O)cc2o1. The van der Waals surface area contributed by atoms with E-state index in [9.17, 15) is 9.90 Å². The number of para-hydroxylation sites is 1. The Kier molecular flexibility index (Phi) is 2.76. The molecule has 4 heteroatoms. The molecular formula is C18H12O4. The maximum atomic E-state index is 12.3. The number of furan rings is 2. The summed E-state index contributed by atoms with van der Waals surface area (Å²) in [5, 5.41) is 11.2. The molecular weight excluding hydrogens is 280 g/mol. The van der Waals surface area contributed by atoms with E-state index in [0.29, 0.717) is 11.3 Å². The minimum atomic E-state index is -0.158. The fourth-order valence-electron chi connectivity index (χ4n) is 2.53. The number of aromatic hydroxyl groups is 1. The molecule has 0 bridgehead atoms. The van der Waals surface area contributed by atoms with Crippen LogP contribution in [0.3, 0.4) is 0 Å². The fraction of sp³-hybridized carbons (Fsp3) is 0.0556. The molecule has 0 radical (unpaired) electrons. The summed E-state index contributed by atoms with van der Waals surface area (Å²) in [6.45, 7) is 0. The van der Waals surface area contributed by atoms with Crippen molar-refractivity contribution < 1.29 is 18.7 Å². The lowest BCUT2D eigenvalue weighted by Crippen LogP contribution is -2.00. The zero-order chi connectivity index (χ0) is 15.1. The molecule has 4 nitrogen and oxygen atoms in total. The highest BCUT2D eigenvalue weighted by atomic mass is 16.4. The molecule has 2 aromatic heterocycles. The molecule has 2 heterocycles. The maximum Gasteiger partial charge on any atom is 0.205 e. The summed E-state index contributed by atoms with van der Waals surface area (Å²) in [4.78, 5) is 12.3. The van der Waals surface area contributed by atoms with E-state index < -0.39 is 0 Å². The second-order valence-electron chi connectivity index (χ2n) is 5.18. The standard InChI is InChI=1S/C18H12O4/c19-13-6-5-12-8-18(22-17(12)9-13)15(20)10-14-7-11-3-1-2-4-16(11)21-14/h1-9,19H,10H2. The number of carbonyl (C=O) groups is 1. The number of rotatable bonds is 3. The second-order valence-corrected chi connectivity index (χ2v) is 5.18. The average Bonchev–Trinajstić information content (AvgIpc) is 3.09. The highest BCUT2D eigenvalue weighted by Crippen LogP contribution is 2.25. The van der Waals surface area contributed by atoms with Crippen LogP contribution in [0.4, 0.5) is 0 Å². The van der Waals surface area contributed by atoms with Crippen LogP contribution in [-0.2, 0) is 6.42 Å². The molecule has 0 aliphatic rings. The van der Waals surface area contributed by atoms with Gasteiger partial charge in [-0.1, -0.05) is 18.2 Å². The molecule has 4 rings (SSSR count). The average molecular weight is 292 g/mol. The zero-order valence-corrected chi connectivity index (χ0v) is 11.6. The predicted octanol–water partition coefficient (Wildman–Crippen LogP) is 4.31. The van der Waals surface area contributed by atoms with E-state index >= 15 is 0 Å². The van der Waals surface area contributed by atoms with Crippen LogP contribution < -0.4 is 0 Å². The molecule has 0 saturated heterocycles. The number of hydrogen-bond acceptors (Lipinski definition) is 4. The summed E-state index contributed by atoms with van der Waals surface area (Å²) < 4.78 is 11.2. The summed E-state index contributed by atoms with van der Waals surface area (Å²) in [6, 6.07) is 15.9. The molecule has 4 aromatic rings. The van der Waals surface area contributed by atoms with Gasteiger partial charge in [0, 0.05) is 16.8 Å². The molecule has 0 fully saturated rings. The Bertz CT molecular complexity index is 958. The van der Waals surface area contributed by atoms with Crippen LogP contribution in [0, 0.1) is 0 Å². The Balaban J connectivity index is 1.65. The van der Waals surface area contributed by atoms with Crippen LogP contribution in [0.15, 0.2) is 63.4 Å². The second kappa shape index (κ2) is 4.77. The van der Waals surface area contributed by atoms with Crippen molar-refractivity contribution in [1.29, 1.82) is 0 Å². The molecule has 1 N–H and O–H groups in total. The van der Waals surface area contributed by atoms with Gasteiger partial charge in [-0.15, -0.1) is 0 Å². The molecule has 2 aromatic carbocycles. The van der Waals surface area contributed by atoms with Gasteiger partial charge < -0.3 is 13.9 Å². The topological polar surface area (TPSA) is 63.6 Å². The molecule has 22 heavy (non-hydrogen) atoms. The quantitative estimate of drug-likeness (QED) is 0.571. The van der Waals surface area contributed by atoms with E-state index in [1.807, 2.05) is 30.3 Å². The minimum absolute atomic E-state index is 0.109. The van der Waals surface area contributed by atoms with E-state index in [2.05, 4.69) is 0 Å². The monoisotopic (exact) mass is 292 g/mol. The highest BCUT2D eigenvalue weighted by molar-refractivity contribution is 5.99. The van der Waals surface area contributed by atoms with Crippen LogP contribution in [0.2, 0.25) is 0 Å². The lowest BCUT2D eigenvalue weighted by molar-refractivity contribution is 0.0963. The minimum Gasteiger partial charge on any atom is -0.508 e.